The number of fused-ring (bicyclic) bond motifs is 2. The molecule has 0 amide bonds. The van der Waals surface area contributed by atoms with Crippen LogP contribution in [-0.2, 0) is 12.8 Å². The maximum Gasteiger partial charge on any atom is 0.264 e. The first-order chi connectivity index (χ1) is 12.9. The van der Waals surface area contributed by atoms with Gasteiger partial charge in [-0.3, -0.25) is 9.59 Å². The van der Waals surface area contributed by atoms with Crippen LogP contribution in [0.15, 0.2) is 36.4 Å². The van der Waals surface area contributed by atoms with E-state index < -0.39 is 0 Å². The normalized spacial score (nSPS) is 14.1. The van der Waals surface area contributed by atoms with Gasteiger partial charge in [0.25, 0.3) is 5.17 Å². The van der Waals surface area contributed by atoms with Crippen LogP contribution in [0.2, 0.25) is 0 Å². The van der Waals surface area contributed by atoms with Crippen molar-refractivity contribution in [2.45, 2.75) is 25.7 Å². The molecule has 2 aliphatic rings. The van der Waals surface area contributed by atoms with Crippen LogP contribution in [0.25, 0.3) is 0 Å². The van der Waals surface area contributed by atoms with E-state index in [0.717, 1.165) is 23.1 Å². The molecule has 0 saturated carbocycles. The van der Waals surface area contributed by atoms with Crippen LogP contribution in [0.5, 0.6) is 11.5 Å². The third-order valence-electron chi connectivity index (χ3n) is 4.65. The molecule has 0 radical (unpaired) electrons. The maximum atomic E-state index is 11.5. The maximum absolute atomic E-state index is 11.5. The summed E-state index contributed by atoms with van der Waals surface area (Å²) in [5, 5.41) is 9.71. The van der Waals surface area contributed by atoms with E-state index in [1.165, 1.54) is 0 Å². The third kappa shape index (κ3) is 4.01. The van der Waals surface area contributed by atoms with Gasteiger partial charge in [-0.15, -0.1) is 0 Å². The van der Waals surface area contributed by atoms with Gasteiger partial charge in [-0.25, -0.2) is 0 Å². The second kappa shape index (κ2) is 7.88. The monoisotopic (exact) mass is 383 g/mol. The molecule has 0 unspecified atom stereocenters. The molecule has 0 heterocycles. The summed E-state index contributed by atoms with van der Waals surface area (Å²) in [6.45, 7) is 0. The SMILES string of the molecule is CN(C)C(=S)Oc1cccc2c1CCC2=O.O=C1CCc2c(O)cccc21. The summed E-state index contributed by atoms with van der Waals surface area (Å²) in [4.78, 5) is 24.4. The van der Waals surface area contributed by atoms with Gasteiger partial charge in [0.2, 0.25) is 0 Å². The highest BCUT2D eigenvalue weighted by Gasteiger charge is 2.23. The van der Waals surface area contributed by atoms with Crippen molar-refractivity contribution in [3.05, 3.63) is 58.7 Å². The summed E-state index contributed by atoms with van der Waals surface area (Å²) in [6, 6.07) is 10.6. The van der Waals surface area contributed by atoms with Gasteiger partial charge in [0.1, 0.15) is 11.5 Å². The Labute approximate surface area is 163 Å². The van der Waals surface area contributed by atoms with E-state index in [4.69, 9.17) is 17.0 Å². The lowest BCUT2D eigenvalue weighted by Gasteiger charge is -2.15. The molecule has 5 nitrogen and oxygen atoms in total. The van der Waals surface area contributed by atoms with E-state index in [9.17, 15) is 14.7 Å². The predicted octanol–water partition coefficient (Wildman–Crippen LogP) is 3.56. The van der Waals surface area contributed by atoms with Crippen LogP contribution in [-0.4, -0.2) is 40.8 Å². The third-order valence-corrected chi connectivity index (χ3v) is 5.10. The summed E-state index contributed by atoms with van der Waals surface area (Å²) in [5.41, 5.74) is 3.28. The zero-order valence-corrected chi connectivity index (χ0v) is 16.1. The van der Waals surface area contributed by atoms with E-state index in [2.05, 4.69) is 0 Å². The molecule has 0 aliphatic heterocycles. The molecule has 140 valence electrons. The summed E-state index contributed by atoms with van der Waals surface area (Å²) >= 11 is 5.08. The van der Waals surface area contributed by atoms with Gasteiger partial charge in [-0.05, 0) is 37.2 Å². The van der Waals surface area contributed by atoms with Crippen molar-refractivity contribution in [1.29, 1.82) is 0 Å². The molecule has 2 aliphatic carbocycles. The zero-order valence-electron chi connectivity index (χ0n) is 15.3. The van der Waals surface area contributed by atoms with Gasteiger partial charge in [0.15, 0.2) is 11.6 Å². The van der Waals surface area contributed by atoms with Crippen LogP contribution in [0.3, 0.4) is 0 Å². The number of carbonyl (C=O) groups excluding carboxylic acids is 2. The minimum Gasteiger partial charge on any atom is -0.508 e. The second-order valence-corrected chi connectivity index (χ2v) is 7.04. The number of phenols is 1. The van der Waals surface area contributed by atoms with E-state index in [0.29, 0.717) is 35.7 Å². The van der Waals surface area contributed by atoms with Crippen LogP contribution in [0, 0.1) is 0 Å². The zero-order chi connectivity index (χ0) is 19.6. The molecule has 0 bridgehead atoms. The number of aromatic hydroxyl groups is 1. The molecule has 0 atom stereocenters. The van der Waals surface area contributed by atoms with Crippen molar-refractivity contribution in [3.63, 3.8) is 0 Å². The highest BCUT2D eigenvalue weighted by Crippen LogP contribution is 2.31. The quantitative estimate of drug-likeness (QED) is 0.760. The first kappa shape index (κ1) is 19.0. The van der Waals surface area contributed by atoms with Crippen molar-refractivity contribution in [1.82, 2.24) is 4.90 Å². The topological polar surface area (TPSA) is 66.8 Å². The number of ether oxygens (including phenoxy) is 1. The number of carbonyl (C=O) groups is 2. The molecular formula is C21H21NO4S. The Bertz CT molecular complexity index is 920. The molecule has 1 N–H and O–H groups in total. The van der Waals surface area contributed by atoms with Gasteiger partial charge in [-0.1, -0.05) is 24.3 Å². The van der Waals surface area contributed by atoms with Gasteiger partial charge in [0, 0.05) is 49.2 Å². The molecule has 0 saturated heterocycles. The minimum atomic E-state index is 0.149. The summed E-state index contributed by atoms with van der Waals surface area (Å²) in [6.07, 6.45) is 2.57. The minimum absolute atomic E-state index is 0.149. The van der Waals surface area contributed by atoms with Crippen LogP contribution in [0.4, 0.5) is 0 Å². The Kier molecular flexibility index (Phi) is 5.56. The Morgan fingerprint density at radius 1 is 0.926 bits per heavy atom. The van der Waals surface area contributed by atoms with E-state index in [1.54, 1.807) is 23.1 Å². The Morgan fingerprint density at radius 3 is 2.07 bits per heavy atom. The fourth-order valence-corrected chi connectivity index (χ4v) is 3.30. The van der Waals surface area contributed by atoms with Crippen molar-refractivity contribution in [3.8, 4) is 11.5 Å². The number of phenolic OH excluding ortho intramolecular Hbond substituents is 1. The van der Waals surface area contributed by atoms with Crippen molar-refractivity contribution >= 4 is 29.0 Å². The number of hydrogen-bond acceptors (Lipinski definition) is 5. The fourth-order valence-electron chi connectivity index (χ4n) is 3.21. The average molecular weight is 383 g/mol. The summed E-state index contributed by atoms with van der Waals surface area (Å²) in [7, 11) is 3.66. The van der Waals surface area contributed by atoms with Gasteiger partial charge in [-0.2, -0.15) is 0 Å². The first-order valence-electron chi connectivity index (χ1n) is 8.76. The van der Waals surface area contributed by atoms with E-state index in [1.807, 2.05) is 32.3 Å². The second-order valence-electron chi connectivity index (χ2n) is 6.69. The predicted molar refractivity (Wildman–Crippen MR) is 107 cm³/mol. The lowest BCUT2D eigenvalue weighted by molar-refractivity contribution is 0.0986. The summed E-state index contributed by atoms with van der Waals surface area (Å²) < 4.78 is 5.57. The number of hydrogen-bond donors (Lipinski definition) is 1. The van der Waals surface area contributed by atoms with E-state index in [-0.39, 0.29) is 17.3 Å². The van der Waals surface area contributed by atoms with Crippen molar-refractivity contribution in [2.75, 3.05) is 14.1 Å². The number of thiocarbonyl (C=S) groups is 1. The number of Topliss-reactive ketones (excluding diaryl/α,β-unsaturated/α-hetero) is 2. The number of ketones is 2. The molecular weight excluding hydrogens is 362 g/mol. The lowest BCUT2D eigenvalue weighted by Crippen LogP contribution is -2.25. The van der Waals surface area contributed by atoms with Crippen LogP contribution < -0.4 is 4.74 Å². The van der Waals surface area contributed by atoms with Crippen LogP contribution in [0.1, 0.15) is 44.7 Å². The average Bonchev–Trinajstić information content (AvgIpc) is 3.21. The Hall–Kier alpha value is -2.73. The summed E-state index contributed by atoms with van der Waals surface area (Å²) in [5.74, 6) is 1.31. The molecule has 2 aromatic carbocycles. The molecule has 0 aromatic heterocycles. The lowest BCUT2D eigenvalue weighted by atomic mass is 10.1. The number of rotatable bonds is 1. The van der Waals surface area contributed by atoms with Gasteiger partial charge in [0.05, 0.1) is 0 Å². The fraction of sp³-hybridized carbons (Fsp3) is 0.286. The molecule has 0 fully saturated rings. The van der Waals surface area contributed by atoms with Gasteiger partial charge >= 0.3 is 0 Å². The standard InChI is InChI=1S/C12H13NO2S.C9H8O2/c1-13(2)12(16)15-11-5-3-4-8-9(11)6-7-10(8)14;10-8-3-1-2-6-7(8)4-5-9(6)11/h3-5H,6-7H2,1-2H3;1-3,10H,4-5H2. The van der Waals surface area contributed by atoms with Crippen LogP contribution >= 0.6 is 12.2 Å². The van der Waals surface area contributed by atoms with Crippen molar-refractivity contribution < 1.29 is 19.4 Å². The Morgan fingerprint density at radius 2 is 1.48 bits per heavy atom. The highest BCUT2D eigenvalue weighted by atomic mass is 32.1. The molecule has 6 heteroatoms. The first-order valence-corrected chi connectivity index (χ1v) is 9.17. The largest absolute Gasteiger partial charge is 0.508 e. The Balaban J connectivity index is 0.000000166. The molecule has 2 aromatic rings. The highest BCUT2D eigenvalue weighted by molar-refractivity contribution is 7.80. The molecule has 0 spiro atoms. The van der Waals surface area contributed by atoms with Gasteiger partial charge < -0.3 is 14.7 Å². The number of nitrogens with zero attached hydrogens (tertiary/aromatic N) is 1. The number of benzene rings is 2. The van der Waals surface area contributed by atoms with E-state index >= 15 is 0 Å². The molecule has 27 heavy (non-hydrogen) atoms. The smallest absolute Gasteiger partial charge is 0.264 e. The molecule has 4 rings (SSSR count). The van der Waals surface area contributed by atoms with Crippen molar-refractivity contribution in [2.24, 2.45) is 0 Å².